The van der Waals surface area contributed by atoms with E-state index in [-0.39, 0.29) is 0 Å². The topological polar surface area (TPSA) is 54.2 Å². The van der Waals surface area contributed by atoms with Crippen LogP contribution in [0.5, 0.6) is 0 Å². The molecule has 2 heterocycles. The van der Waals surface area contributed by atoms with Gasteiger partial charge in [-0.3, -0.25) is 4.90 Å². The second-order valence-electron chi connectivity index (χ2n) is 5.13. The van der Waals surface area contributed by atoms with Gasteiger partial charge in [0, 0.05) is 32.6 Å². The summed E-state index contributed by atoms with van der Waals surface area (Å²) in [5.41, 5.74) is 0. The van der Waals surface area contributed by atoms with Crippen molar-refractivity contribution in [3.05, 3.63) is 11.7 Å². The Balaban J connectivity index is 1.52. The molecule has 1 aromatic rings. The van der Waals surface area contributed by atoms with Gasteiger partial charge in [0.05, 0.1) is 6.54 Å². The zero-order valence-electron chi connectivity index (χ0n) is 10.2. The molecule has 0 bridgehead atoms. The first kappa shape index (κ1) is 11.2. The summed E-state index contributed by atoms with van der Waals surface area (Å²) >= 11 is 0. The average Bonchev–Trinajstić information content (AvgIpc) is 2.73. The van der Waals surface area contributed by atoms with E-state index in [0.29, 0.717) is 0 Å². The van der Waals surface area contributed by atoms with Gasteiger partial charge in [-0.2, -0.15) is 4.98 Å². The second-order valence-corrected chi connectivity index (χ2v) is 5.13. The molecule has 1 aliphatic heterocycles. The lowest BCUT2D eigenvalue weighted by Crippen LogP contribution is -2.43. The predicted molar refractivity (Wildman–Crippen MR) is 63.5 cm³/mol. The van der Waals surface area contributed by atoms with Crippen molar-refractivity contribution in [3.8, 4) is 0 Å². The lowest BCUT2D eigenvalue weighted by Gasteiger charge is -2.25. The minimum atomic E-state index is 0.794. The van der Waals surface area contributed by atoms with Crippen LogP contribution in [0.4, 0.5) is 0 Å². The molecule has 0 radical (unpaired) electrons. The summed E-state index contributed by atoms with van der Waals surface area (Å²) < 4.78 is 5.31. The standard InChI is InChI=1S/C12H20N4O/c1-2-10(3-1)8-12-14-11(15-17-12)9-16-6-4-13-5-7-16/h10,13H,1-9H2. The third-order valence-corrected chi connectivity index (χ3v) is 3.77. The number of piperazine rings is 1. The van der Waals surface area contributed by atoms with E-state index in [1.165, 1.54) is 19.3 Å². The quantitative estimate of drug-likeness (QED) is 0.838. The largest absolute Gasteiger partial charge is 0.339 e. The van der Waals surface area contributed by atoms with E-state index >= 15 is 0 Å². The molecule has 1 aromatic heterocycles. The van der Waals surface area contributed by atoms with Gasteiger partial charge in [0.25, 0.3) is 0 Å². The molecule has 5 heteroatoms. The molecule has 94 valence electrons. The highest BCUT2D eigenvalue weighted by molar-refractivity contribution is 4.90. The fourth-order valence-electron chi connectivity index (χ4n) is 2.45. The van der Waals surface area contributed by atoms with Crippen molar-refractivity contribution in [2.75, 3.05) is 26.2 Å². The highest BCUT2D eigenvalue weighted by Gasteiger charge is 2.21. The summed E-state index contributed by atoms with van der Waals surface area (Å²) in [4.78, 5) is 6.86. The number of nitrogens with zero attached hydrogens (tertiary/aromatic N) is 3. The number of hydrogen-bond acceptors (Lipinski definition) is 5. The lowest BCUT2D eigenvalue weighted by molar-refractivity contribution is 0.224. The molecule has 1 aliphatic carbocycles. The molecule has 1 N–H and O–H groups in total. The summed E-state index contributed by atoms with van der Waals surface area (Å²) in [7, 11) is 0. The Labute approximate surface area is 102 Å². The minimum Gasteiger partial charge on any atom is -0.339 e. The van der Waals surface area contributed by atoms with E-state index in [9.17, 15) is 0 Å². The van der Waals surface area contributed by atoms with Crippen LogP contribution >= 0.6 is 0 Å². The van der Waals surface area contributed by atoms with E-state index in [0.717, 1.165) is 56.8 Å². The zero-order valence-corrected chi connectivity index (χ0v) is 10.2. The number of aromatic nitrogens is 2. The van der Waals surface area contributed by atoms with Gasteiger partial charge in [0.1, 0.15) is 0 Å². The van der Waals surface area contributed by atoms with Gasteiger partial charge in [0.15, 0.2) is 5.82 Å². The van der Waals surface area contributed by atoms with Crippen LogP contribution in [0.1, 0.15) is 31.0 Å². The number of rotatable bonds is 4. The Morgan fingerprint density at radius 2 is 2.12 bits per heavy atom. The Morgan fingerprint density at radius 3 is 2.82 bits per heavy atom. The summed E-state index contributed by atoms with van der Waals surface area (Å²) in [6, 6.07) is 0. The lowest BCUT2D eigenvalue weighted by atomic mass is 9.83. The van der Waals surface area contributed by atoms with E-state index < -0.39 is 0 Å². The molecule has 0 spiro atoms. The van der Waals surface area contributed by atoms with Crippen LogP contribution < -0.4 is 5.32 Å². The maximum absolute atomic E-state index is 5.31. The third-order valence-electron chi connectivity index (χ3n) is 3.77. The van der Waals surface area contributed by atoms with Crippen LogP contribution in [-0.2, 0) is 13.0 Å². The Bertz CT molecular complexity index is 355. The molecule has 5 nitrogen and oxygen atoms in total. The first-order valence-electron chi connectivity index (χ1n) is 6.65. The molecular formula is C12H20N4O. The molecule has 2 fully saturated rings. The predicted octanol–water partition coefficient (Wildman–Crippen LogP) is 0.817. The van der Waals surface area contributed by atoms with Crippen molar-refractivity contribution in [3.63, 3.8) is 0 Å². The summed E-state index contributed by atoms with van der Waals surface area (Å²) in [5, 5.41) is 7.41. The fraction of sp³-hybridized carbons (Fsp3) is 0.833. The van der Waals surface area contributed by atoms with E-state index in [2.05, 4.69) is 20.4 Å². The van der Waals surface area contributed by atoms with Gasteiger partial charge in [-0.25, -0.2) is 0 Å². The van der Waals surface area contributed by atoms with Crippen LogP contribution in [0, 0.1) is 5.92 Å². The van der Waals surface area contributed by atoms with Gasteiger partial charge in [0.2, 0.25) is 5.89 Å². The summed E-state index contributed by atoms with van der Waals surface area (Å²) in [6.45, 7) is 5.11. The first-order valence-corrected chi connectivity index (χ1v) is 6.65. The molecule has 0 amide bonds. The van der Waals surface area contributed by atoms with Crippen LogP contribution in [-0.4, -0.2) is 41.2 Å². The van der Waals surface area contributed by atoms with Crippen molar-refractivity contribution in [1.29, 1.82) is 0 Å². The van der Waals surface area contributed by atoms with Crippen molar-refractivity contribution in [2.45, 2.75) is 32.2 Å². The number of nitrogens with one attached hydrogen (secondary N) is 1. The van der Waals surface area contributed by atoms with Gasteiger partial charge >= 0.3 is 0 Å². The van der Waals surface area contributed by atoms with Gasteiger partial charge in [-0.05, 0) is 18.8 Å². The molecule has 3 rings (SSSR count). The molecule has 17 heavy (non-hydrogen) atoms. The highest BCUT2D eigenvalue weighted by atomic mass is 16.5. The third kappa shape index (κ3) is 2.84. The van der Waals surface area contributed by atoms with E-state index in [4.69, 9.17) is 4.52 Å². The van der Waals surface area contributed by atoms with E-state index in [1.807, 2.05) is 0 Å². The summed E-state index contributed by atoms with van der Waals surface area (Å²) in [6.07, 6.45) is 5.01. The molecule has 1 saturated carbocycles. The Hall–Kier alpha value is -0.940. The highest BCUT2D eigenvalue weighted by Crippen LogP contribution is 2.29. The van der Waals surface area contributed by atoms with Crippen LogP contribution in [0.15, 0.2) is 4.52 Å². The monoisotopic (exact) mass is 236 g/mol. The molecule has 0 unspecified atom stereocenters. The maximum atomic E-state index is 5.31. The normalized spacial score (nSPS) is 22.6. The van der Waals surface area contributed by atoms with Crippen LogP contribution in [0.3, 0.4) is 0 Å². The van der Waals surface area contributed by atoms with Crippen LogP contribution in [0.25, 0.3) is 0 Å². The first-order chi connectivity index (χ1) is 8.40. The Morgan fingerprint density at radius 1 is 1.29 bits per heavy atom. The van der Waals surface area contributed by atoms with Gasteiger partial charge in [-0.1, -0.05) is 11.6 Å². The SMILES string of the molecule is C1CC(Cc2nc(CN3CCNCC3)no2)C1. The Kier molecular flexibility index (Phi) is 3.38. The molecular weight excluding hydrogens is 216 g/mol. The van der Waals surface area contributed by atoms with Crippen molar-refractivity contribution < 1.29 is 4.52 Å². The zero-order chi connectivity index (χ0) is 11.5. The maximum Gasteiger partial charge on any atom is 0.226 e. The van der Waals surface area contributed by atoms with Crippen molar-refractivity contribution >= 4 is 0 Å². The fourth-order valence-corrected chi connectivity index (χ4v) is 2.45. The van der Waals surface area contributed by atoms with Gasteiger partial charge in [-0.15, -0.1) is 0 Å². The van der Waals surface area contributed by atoms with Crippen molar-refractivity contribution in [2.24, 2.45) is 5.92 Å². The minimum absolute atomic E-state index is 0.794. The molecule has 0 atom stereocenters. The summed E-state index contributed by atoms with van der Waals surface area (Å²) in [5.74, 6) is 2.48. The van der Waals surface area contributed by atoms with Gasteiger partial charge < -0.3 is 9.84 Å². The molecule has 0 aromatic carbocycles. The molecule has 1 saturated heterocycles. The van der Waals surface area contributed by atoms with Crippen molar-refractivity contribution in [1.82, 2.24) is 20.4 Å². The molecule has 2 aliphatic rings. The van der Waals surface area contributed by atoms with E-state index in [1.54, 1.807) is 0 Å². The average molecular weight is 236 g/mol. The number of hydrogen-bond donors (Lipinski definition) is 1. The van der Waals surface area contributed by atoms with Crippen LogP contribution in [0.2, 0.25) is 0 Å². The smallest absolute Gasteiger partial charge is 0.226 e. The second kappa shape index (κ2) is 5.14.